The maximum Gasteiger partial charge on any atom is 0.419 e. The van der Waals surface area contributed by atoms with Crippen LogP contribution in [0.3, 0.4) is 0 Å². The Morgan fingerprint density at radius 2 is 1.57 bits per heavy atom. The lowest BCUT2D eigenvalue weighted by molar-refractivity contribution is -0.137. The molecule has 0 N–H and O–H groups in total. The van der Waals surface area contributed by atoms with Gasteiger partial charge in [-0.1, -0.05) is 32.9 Å². The van der Waals surface area contributed by atoms with E-state index in [9.17, 15) is 18.0 Å². The van der Waals surface area contributed by atoms with Gasteiger partial charge in [-0.15, -0.1) is 0 Å². The van der Waals surface area contributed by atoms with Gasteiger partial charge in [-0.3, -0.25) is 4.79 Å². The Labute approximate surface area is 163 Å². The van der Waals surface area contributed by atoms with Crippen LogP contribution in [0.4, 0.5) is 19.0 Å². The van der Waals surface area contributed by atoms with Gasteiger partial charge in [0.1, 0.15) is 5.82 Å². The lowest BCUT2D eigenvalue weighted by Crippen LogP contribution is -2.49. The van der Waals surface area contributed by atoms with Crippen LogP contribution in [0.1, 0.15) is 42.3 Å². The highest BCUT2D eigenvalue weighted by atomic mass is 19.4. The lowest BCUT2D eigenvalue weighted by Gasteiger charge is -2.36. The van der Waals surface area contributed by atoms with Crippen molar-refractivity contribution in [1.29, 1.82) is 0 Å². The number of anilines is 1. The molecule has 0 bridgehead atoms. The fraction of sp³-hybridized carbons (Fsp3) is 0.429. The summed E-state index contributed by atoms with van der Waals surface area (Å²) in [5, 5.41) is 0. The Hall–Kier alpha value is -2.57. The van der Waals surface area contributed by atoms with Gasteiger partial charge < -0.3 is 9.80 Å². The van der Waals surface area contributed by atoms with Crippen LogP contribution in [0.5, 0.6) is 0 Å². The molecule has 28 heavy (non-hydrogen) atoms. The summed E-state index contributed by atoms with van der Waals surface area (Å²) >= 11 is 0. The molecule has 0 saturated carbocycles. The van der Waals surface area contributed by atoms with Crippen LogP contribution in [0.25, 0.3) is 0 Å². The summed E-state index contributed by atoms with van der Waals surface area (Å²) in [7, 11) is 0. The Morgan fingerprint density at radius 3 is 2.11 bits per heavy atom. The fourth-order valence-corrected chi connectivity index (χ4v) is 3.29. The normalized spacial score (nSPS) is 15.6. The second kappa shape index (κ2) is 7.45. The van der Waals surface area contributed by atoms with Crippen LogP contribution >= 0.6 is 0 Å². The van der Waals surface area contributed by atoms with Crippen LogP contribution in [0.2, 0.25) is 0 Å². The molecule has 2 aromatic rings. The highest BCUT2D eigenvalue weighted by molar-refractivity contribution is 5.94. The predicted molar refractivity (Wildman–Crippen MR) is 102 cm³/mol. The van der Waals surface area contributed by atoms with Crippen LogP contribution in [-0.2, 0) is 11.6 Å². The Morgan fingerprint density at radius 1 is 0.964 bits per heavy atom. The van der Waals surface area contributed by atoms with E-state index in [-0.39, 0.29) is 17.1 Å². The van der Waals surface area contributed by atoms with E-state index >= 15 is 0 Å². The topological polar surface area (TPSA) is 36.4 Å². The van der Waals surface area contributed by atoms with Gasteiger partial charge in [-0.2, -0.15) is 13.2 Å². The van der Waals surface area contributed by atoms with Crippen molar-refractivity contribution in [3.05, 3.63) is 59.3 Å². The number of halogens is 3. The van der Waals surface area contributed by atoms with Gasteiger partial charge in [0.15, 0.2) is 0 Å². The molecule has 0 aliphatic carbocycles. The number of carbonyl (C=O) groups excluding carboxylic acids is 1. The summed E-state index contributed by atoms with van der Waals surface area (Å²) in [6, 6.07) is 9.86. The highest BCUT2D eigenvalue weighted by Gasteiger charge is 2.36. The van der Waals surface area contributed by atoms with Gasteiger partial charge in [0.05, 0.1) is 5.56 Å². The van der Waals surface area contributed by atoms with Crippen molar-refractivity contribution in [1.82, 2.24) is 9.88 Å². The molecule has 4 nitrogen and oxygen atoms in total. The monoisotopic (exact) mass is 391 g/mol. The molecule has 0 atom stereocenters. The van der Waals surface area contributed by atoms with Crippen molar-refractivity contribution in [2.24, 2.45) is 0 Å². The van der Waals surface area contributed by atoms with E-state index in [1.165, 1.54) is 12.3 Å². The first-order chi connectivity index (χ1) is 13.1. The Balaban J connectivity index is 1.68. The maximum absolute atomic E-state index is 13.2. The van der Waals surface area contributed by atoms with Gasteiger partial charge >= 0.3 is 6.18 Å². The first-order valence-corrected chi connectivity index (χ1v) is 9.24. The average Bonchev–Trinajstić information content (AvgIpc) is 2.66. The molecule has 3 rings (SSSR count). The highest BCUT2D eigenvalue weighted by Crippen LogP contribution is 2.35. The van der Waals surface area contributed by atoms with Gasteiger partial charge in [-0.25, -0.2) is 4.98 Å². The number of benzene rings is 1. The second-order valence-electron chi connectivity index (χ2n) is 7.98. The van der Waals surface area contributed by atoms with Crippen molar-refractivity contribution in [2.75, 3.05) is 31.1 Å². The minimum absolute atomic E-state index is 0.00603. The second-order valence-corrected chi connectivity index (χ2v) is 7.98. The number of pyridine rings is 1. The number of alkyl halides is 3. The minimum Gasteiger partial charge on any atom is -0.353 e. The standard InChI is InChI=1S/C21H24F3N3O/c1-20(2,3)16-8-6-15(7-9-16)19(28)27-13-11-26(12-14-27)18-17(21(22,23)24)5-4-10-25-18/h4-10H,11-14H2,1-3H3. The Kier molecular flexibility index (Phi) is 5.37. The number of rotatable bonds is 2. The molecule has 1 aliphatic heterocycles. The minimum atomic E-state index is -4.45. The third-order valence-corrected chi connectivity index (χ3v) is 4.96. The maximum atomic E-state index is 13.2. The summed E-state index contributed by atoms with van der Waals surface area (Å²) in [6.07, 6.45) is -3.09. The molecule has 150 valence electrons. The van der Waals surface area contributed by atoms with E-state index in [0.717, 1.165) is 11.6 Å². The van der Waals surface area contributed by atoms with Crippen LogP contribution in [-0.4, -0.2) is 42.0 Å². The quantitative estimate of drug-likeness (QED) is 0.763. The number of aromatic nitrogens is 1. The summed E-state index contributed by atoms with van der Waals surface area (Å²) in [5.74, 6) is -0.172. The zero-order valence-corrected chi connectivity index (χ0v) is 16.3. The molecule has 1 aromatic heterocycles. The van der Waals surface area contributed by atoms with E-state index in [0.29, 0.717) is 31.7 Å². The third kappa shape index (κ3) is 4.29. The zero-order chi connectivity index (χ0) is 20.5. The number of hydrogen-bond acceptors (Lipinski definition) is 3. The molecular weight excluding hydrogens is 367 g/mol. The molecule has 0 spiro atoms. The number of piperazine rings is 1. The number of hydrogen-bond donors (Lipinski definition) is 0. The fourth-order valence-electron chi connectivity index (χ4n) is 3.29. The summed E-state index contributed by atoms with van der Waals surface area (Å²) in [5.41, 5.74) is 0.998. The third-order valence-electron chi connectivity index (χ3n) is 4.96. The van der Waals surface area contributed by atoms with Crippen molar-refractivity contribution in [2.45, 2.75) is 32.4 Å². The number of amides is 1. The predicted octanol–water partition coefficient (Wildman–Crippen LogP) is 4.36. The molecule has 2 heterocycles. The van der Waals surface area contributed by atoms with Crippen molar-refractivity contribution in [3.8, 4) is 0 Å². The van der Waals surface area contributed by atoms with Gasteiger partial charge in [-0.05, 0) is 35.2 Å². The average molecular weight is 391 g/mol. The van der Waals surface area contributed by atoms with E-state index in [1.807, 2.05) is 24.3 Å². The van der Waals surface area contributed by atoms with E-state index in [1.54, 1.807) is 9.80 Å². The lowest BCUT2D eigenvalue weighted by atomic mass is 9.86. The Bertz CT molecular complexity index is 833. The smallest absolute Gasteiger partial charge is 0.353 e. The SMILES string of the molecule is CC(C)(C)c1ccc(C(=O)N2CCN(c3ncccc3C(F)(F)F)CC2)cc1. The van der Waals surface area contributed by atoms with Gasteiger partial charge in [0.2, 0.25) is 0 Å². The zero-order valence-electron chi connectivity index (χ0n) is 16.3. The van der Waals surface area contributed by atoms with E-state index in [4.69, 9.17) is 0 Å². The van der Waals surface area contributed by atoms with Crippen molar-refractivity contribution in [3.63, 3.8) is 0 Å². The van der Waals surface area contributed by atoms with Crippen LogP contribution in [0, 0.1) is 0 Å². The largest absolute Gasteiger partial charge is 0.419 e. The van der Waals surface area contributed by atoms with Crippen molar-refractivity contribution >= 4 is 11.7 Å². The summed E-state index contributed by atoms with van der Waals surface area (Å²) in [6.45, 7) is 7.65. The molecule has 1 amide bonds. The van der Waals surface area contributed by atoms with Gasteiger partial charge in [0.25, 0.3) is 5.91 Å². The van der Waals surface area contributed by atoms with Gasteiger partial charge in [0, 0.05) is 37.9 Å². The van der Waals surface area contributed by atoms with Crippen LogP contribution in [0.15, 0.2) is 42.6 Å². The first-order valence-electron chi connectivity index (χ1n) is 9.24. The summed E-state index contributed by atoms with van der Waals surface area (Å²) in [4.78, 5) is 19.9. The number of carbonyl (C=O) groups is 1. The molecule has 7 heteroatoms. The molecule has 0 radical (unpaired) electrons. The molecule has 1 aliphatic rings. The van der Waals surface area contributed by atoms with Crippen LogP contribution < -0.4 is 4.90 Å². The van der Waals surface area contributed by atoms with Crippen molar-refractivity contribution < 1.29 is 18.0 Å². The van der Waals surface area contributed by atoms with E-state index < -0.39 is 11.7 Å². The van der Waals surface area contributed by atoms with E-state index in [2.05, 4.69) is 25.8 Å². The molecule has 1 fully saturated rings. The summed E-state index contributed by atoms with van der Waals surface area (Å²) < 4.78 is 39.6. The molecular formula is C21H24F3N3O. The molecule has 0 unspecified atom stereocenters. The molecule has 1 saturated heterocycles. The number of nitrogens with zero attached hydrogens (tertiary/aromatic N) is 3. The molecule has 1 aromatic carbocycles. The first kappa shape index (κ1) is 20.2.